The van der Waals surface area contributed by atoms with Crippen LogP contribution in [0.15, 0.2) is 18.2 Å². The van der Waals surface area contributed by atoms with Crippen LogP contribution in [0.4, 0.5) is 4.39 Å². The van der Waals surface area contributed by atoms with Crippen LogP contribution in [0, 0.1) is 17.7 Å². The quantitative estimate of drug-likeness (QED) is 0.838. The molecule has 1 aliphatic carbocycles. The third kappa shape index (κ3) is 3.63. The van der Waals surface area contributed by atoms with Gasteiger partial charge in [-0.25, -0.2) is 4.39 Å². The average molecular weight is 300 g/mol. The Labute approximate surface area is 123 Å². The Morgan fingerprint density at radius 1 is 1.35 bits per heavy atom. The number of phenolic OH excluding ortho intramolecular Hbond substituents is 1. The first-order valence-corrected chi connectivity index (χ1v) is 7.48. The van der Waals surface area contributed by atoms with Crippen LogP contribution in [0.1, 0.15) is 36.0 Å². The maximum absolute atomic E-state index is 13.6. The summed E-state index contributed by atoms with van der Waals surface area (Å²) in [5, 5.41) is 11.9. The van der Waals surface area contributed by atoms with Crippen LogP contribution in [0.5, 0.6) is 5.75 Å². The summed E-state index contributed by atoms with van der Waals surface area (Å²) in [6.07, 6.45) is 4.49. The van der Waals surface area contributed by atoms with Crippen molar-refractivity contribution in [1.29, 1.82) is 0 Å². The molecule has 0 aromatic heterocycles. The molecule has 1 amide bonds. The highest BCUT2D eigenvalue weighted by Gasteiger charge is 2.25. The van der Waals surface area contributed by atoms with E-state index < -0.39 is 11.7 Å². The third-order valence-electron chi connectivity index (χ3n) is 3.99. The molecule has 0 heterocycles. The van der Waals surface area contributed by atoms with Gasteiger partial charge >= 0.3 is 0 Å². The molecule has 0 spiro atoms. The fraction of sp³-hybridized carbons (Fsp3) is 0.533. The summed E-state index contributed by atoms with van der Waals surface area (Å²) in [5.41, 5.74) is -0.0407. The zero-order valence-corrected chi connectivity index (χ0v) is 12.0. The number of alkyl halides is 1. The molecule has 2 rings (SSSR count). The van der Waals surface area contributed by atoms with E-state index in [-0.39, 0.29) is 11.3 Å². The van der Waals surface area contributed by atoms with Gasteiger partial charge in [-0.05, 0) is 36.8 Å². The first kappa shape index (κ1) is 15.1. The average Bonchev–Trinajstić information content (AvgIpc) is 2.45. The van der Waals surface area contributed by atoms with Gasteiger partial charge in [-0.3, -0.25) is 4.79 Å². The van der Waals surface area contributed by atoms with E-state index in [1.807, 2.05) is 0 Å². The van der Waals surface area contributed by atoms with Crippen molar-refractivity contribution in [1.82, 2.24) is 5.32 Å². The van der Waals surface area contributed by atoms with E-state index in [9.17, 15) is 9.18 Å². The third-order valence-corrected chi connectivity index (χ3v) is 4.38. The molecule has 0 radical (unpaired) electrons. The predicted octanol–water partition coefficient (Wildman–Crippen LogP) is 3.31. The van der Waals surface area contributed by atoms with E-state index in [2.05, 4.69) is 5.32 Å². The van der Waals surface area contributed by atoms with Crippen LogP contribution in [0.2, 0.25) is 0 Å². The van der Waals surface area contributed by atoms with Crippen molar-refractivity contribution in [3.05, 3.63) is 29.6 Å². The van der Waals surface area contributed by atoms with Crippen LogP contribution in [0.25, 0.3) is 0 Å². The number of aromatic hydroxyl groups is 1. The number of carbonyl (C=O) groups excluding carboxylic acids is 1. The van der Waals surface area contributed by atoms with Gasteiger partial charge in [0.25, 0.3) is 5.91 Å². The number of benzene rings is 1. The van der Waals surface area contributed by atoms with Gasteiger partial charge in [-0.1, -0.05) is 12.8 Å². The molecule has 5 heteroatoms. The number of nitrogens with one attached hydrogen (secondary N) is 1. The predicted molar refractivity (Wildman–Crippen MR) is 76.6 cm³/mol. The molecule has 1 fully saturated rings. The Bertz CT molecular complexity index is 481. The van der Waals surface area contributed by atoms with Crippen molar-refractivity contribution in [2.75, 3.05) is 12.4 Å². The fourth-order valence-corrected chi connectivity index (χ4v) is 3.17. The van der Waals surface area contributed by atoms with Gasteiger partial charge in [0.1, 0.15) is 11.6 Å². The van der Waals surface area contributed by atoms with Crippen LogP contribution < -0.4 is 5.32 Å². The summed E-state index contributed by atoms with van der Waals surface area (Å²) in [6, 6.07) is 3.54. The molecular weight excluding hydrogens is 281 g/mol. The van der Waals surface area contributed by atoms with Crippen LogP contribution >= 0.6 is 11.6 Å². The minimum absolute atomic E-state index is 0.0407. The van der Waals surface area contributed by atoms with Gasteiger partial charge in [0, 0.05) is 18.5 Å². The summed E-state index contributed by atoms with van der Waals surface area (Å²) in [5.74, 6) is 0.0596. The Balaban J connectivity index is 1.94. The molecule has 2 atom stereocenters. The second kappa shape index (κ2) is 6.93. The van der Waals surface area contributed by atoms with E-state index in [0.717, 1.165) is 25.3 Å². The monoisotopic (exact) mass is 299 g/mol. The minimum Gasteiger partial charge on any atom is -0.508 e. The van der Waals surface area contributed by atoms with Crippen molar-refractivity contribution in [3.8, 4) is 5.75 Å². The highest BCUT2D eigenvalue weighted by Crippen LogP contribution is 2.30. The van der Waals surface area contributed by atoms with Crippen molar-refractivity contribution in [2.24, 2.45) is 11.8 Å². The lowest BCUT2D eigenvalue weighted by Crippen LogP contribution is -2.35. The molecule has 1 aromatic rings. The Morgan fingerprint density at radius 2 is 2.05 bits per heavy atom. The van der Waals surface area contributed by atoms with Crippen LogP contribution in [0.3, 0.4) is 0 Å². The summed E-state index contributed by atoms with van der Waals surface area (Å²) in [6.45, 7) is 0.524. The second-order valence-electron chi connectivity index (χ2n) is 5.33. The largest absolute Gasteiger partial charge is 0.508 e. The Kier molecular flexibility index (Phi) is 5.24. The molecule has 20 heavy (non-hydrogen) atoms. The van der Waals surface area contributed by atoms with E-state index in [1.54, 1.807) is 0 Å². The van der Waals surface area contributed by atoms with E-state index in [4.69, 9.17) is 16.7 Å². The van der Waals surface area contributed by atoms with E-state index in [1.165, 1.54) is 18.6 Å². The summed E-state index contributed by atoms with van der Waals surface area (Å²) >= 11 is 5.95. The maximum Gasteiger partial charge on any atom is 0.254 e. The SMILES string of the molecule is O=C(NCC1CCCCC1CCl)c1ccc(O)cc1F. The van der Waals surface area contributed by atoms with Gasteiger partial charge < -0.3 is 10.4 Å². The summed E-state index contributed by atoms with van der Waals surface area (Å²) in [4.78, 5) is 11.9. The van der Waals surface area contributed by atoms with Crippen LogP contribution in [-0.2, 0) is 0 Å². The normalized spacial score (nSPS) is 22.5. The minimum atomic E-state index is -0.708. The number of hydrogen-bond donors (Lipinski definition) is 2. The Hall–Kier alpha value is -1.29. The number of halogens is 2. The number of phenols is 1. The van der Waals surface area contributed by atoms with E-state index in [0.29, 0.717) is 24.3 Å². The van der Waals surface area contributed by atoms with Crippen LogP contribution in [-0.4, -0.2) is 23.4 Å². The first-order chi connectivity index (χ1) is 9.61. The molecule has 1 aliphatic rings. The van der Waals surface area contributed by atoms with Gasteiger partial charge in [0.2, 0.25) is 0 Å². The Morgan fingerprint density at radius 3 is 2.70 bits per heavy atom. The molecule has 0 bridgehead atoms. The topological polar surface area (TPSA) is 49.3 Å². The van der Waals surface area contributed by atoms with Crippen molar-refractivity contribution >= 4 is 17.5 Å². The van der Waals surface area contributed by atoms with Gasteiger partial charge in [-0.2, -0.15) is 0 Å². The molecule has 1 saturated carbocycles. The van der Waals surface area contributed by atoms with Gasteiger partial charge in [0.15, 0.2) is 0 Å². The standard InChI is InChI=1S/C15H19ClFNO2/c16-8-10-3-1-2-4-11(10)9-18-15(20)13-6-5-12(19)7-14(13)17/h5-7,10-11,19H,1-4,8-9H2,(H,18,20). The molecule has 0 aliphatic heterocycles. The number of carbonyl (C=O) groups is 1. The number of amides is 1. The molecule has 110 valence electrons. The highest BCUT2D eigenvalue weighted by molar-refractivity contribution is 6.18. The highest BCUT2D eigenvalue weighted by atomic mass is 35.5. The number of rotatable bonds is 4. The van der Waals surface area contributed by atoms with E-state index >= 15 is 0 Å². The summed E-state index contributed by atoms with van der Waals surface area (Å²) in [7, 11) is 0. The molecule has 1 aromatic carbocycles. The zero-order valence-electron chi connectivity index (χ0n) is 11.2. The lowest BCUT2D eigenvalue weighted by Gasteiger charge is -2.30. The lowest BCUT2D eigenvalue weighted by molar-refractivity contribution is 0.0932. The molecular formula is C15H19ClFNO2. The van der Waals surface area contributed by atoms with Gasteiger partial charge in [-0.15, -0.1) is 11.6 Å². The van der Waals surface area contributed by atoms with Crippen molar-refractivity contribution in [2.45, 2.75) is 25.7 Å². The smallest absolute Gasteiger partial charge is 0.254 e. The molecule has 2 unspecified atom stereocenters. The second-order valence-corrected chi connectivity index (χ2v) is 5.64. The summed E-state index contributed by atoms with van der Waals surface area (Å²) < 4.78 is 13.6. The molecule has 0 saturated heterocycles. The molecule has 3 nitrogen and oxygen atoms in total. The van der Waals surface area contributed by atoms with Crippen molar-refractivity contribution < 1.29 is 14.3 Å². The maximum atomic E-state index is 13.6. The zero-order chi connectivity index (χ0) is 14.5. The first-order valence-electron chi connectivity index (χ1n) is 6.94. The molecule has 2 N–H and O–H groups in total. The van der Waals surface area contributed by atoms with Gasteiger partial charge in [0.05, 0.1) is 5.56 Å². The van der Waals surface area contributed by atoms with Crippen molar-refractivity contribution in [3.63, 3.8) is 0 Å². The number of hydrogen-bond acceptors (Lipinski definition) is 2. The fourth-order valence-electron chi connectivity index (χ4n) is 2.76. The lowest BCUT2D eigenvalue weighted by atomic mass is 9.80.